The van der Waals surface area contributed by atoms with Crippen molar-refractivity contribution >= 4 is 0 Å². The molecule has 0 aromatic heterocycles. The molecule has 2 N–H and O–H groups in total. The van der Waals surface area contributed by atoms with E-state index in [1.54, 1.807) is 7.11 Å². The first-order valence-corrected chi connectivity index (χ1v) is 4.45. The molecular formula is C10H13NO3. The first kappa shape index (κ1) is 9.30. The fraction of sp³-hybridized carbons (Fsp3) is 0.400. The van der Waals surface area contributed by atoms with Crippen molar-refractivity contribution in [2.24, 2.45) is 5.73 Å². The molecule has 1 aromatic rings. The average molecular weight is 195 g/mol. The Kier molecular flexibility index (Phi) is 2.56. The lowest BCUT2D eigenvalue weighted by Crippen LogP contribution is -2.15. The molecular weight excluding hydrogens is 182 g/mol. The molecule has 1 atom stereocenters. The largest absolute Gasteiger partial charge is 0.454 e. The summed E-state index contributed by atoms with van der Waals surface area (Å²) in [5.41, 5.74) is 6.87. The molecule has 0 fully saturated rings. The summed E-state index contributed by atoms with van der Waals surface area (Å²) in [4.78, 5) is 0. The minimum Gasteiger partial charge on any atom is -0.454 e. The SMILES string of the molecule is COCC(N)c1ccc2c(c1)OCO2. The van der Waals surface area contributed by atoms with E-state index in [1.807, 2.05) is 18.2 Å². The van der Waals surface area contributed by atoms with E-state index in [9.17, 15) is 0 Å². The molecule has 1 unspecified atom stereocenters. The third-order valence-corrected chi connectivity index (χ3v) is 2.17. The van der Waals surface area contributed by atoms with Crippen molar-refractivity contribution in [3.8, 4) is 11.5 Å². The molecule has 0 saturated carbocycles. The normalized spacial score (nSPS) is 15.6. The Hall–Kier alpha value is -1.26. The van der Waals surface area contributed by atoms with Crippen LogP contribution in [0.15, 0.2) is 18.2 Å². The molecule has 0 bridgehead atoms. The van der Waals surface area contributed by atoms with E-state index in [-0.39, 0.29) is 12.8 Å². The zero-order valence-electron chi connectivity index (χ0n) is 8.03. The maximum Gasteiger partial charge on any atom is 0.231 e. The van der Waals surface area contributed by atoms with Crippen LogP contribution in [-0.4, -0.2) is 20.5 Å². The number of ether oxygens (including phenoxy) is 3. The van der Waals surface area contributed by atoms with E-state index in [4.69, 9.17) is 19.9 Å². The van der Waals surface area contributed by atoms with Crippen LogP contribution < -0.4 is 15.2 Å². The Morgan fingerprint density at radius 3 is 3.00 bits per heavy atom. The lowest BCUT2D eigenvalue weighted by atomic mass is 10.1. The summed E-state index contributed by atoms with van der Waals surface area (Å²) in [5, 5.41) is 0. The van der Waals surface area contributed by atoms with Gasteiger partial charge in [-0.3, -0.25) is 0 Å². The molecule has 1 aliphatic rings. The van der Waals surface area contributed by atoms with Gasteiger partial charge in [0.25, 0.3) is 0 Å². The smallest absolute Gasteiger partial charge is 0.231 e. The molecule has 2 rings (SSSR count). The van der Waals surface area contributed by atoms with Crippen LogP contribution in [0, 0.1) is 0 Å². The van der Waals surface area contributed by atoms with Gasteiger partial charge in [0.2, 0.25) is 6.79 Å². The lowest BCUT2D eigenvalue weighted by molar-refractivity contribution is 0.173. The molecule has 0 aliphatic carbocycles. The van der Waals surface area contributed by atoms with Crippen LogP contribution in [0.4, 0.5) is 0 Å². The van der Waals surface area contributed by atoms with Crippen LogP contribution in [0.5, 0.6) is 11.5 Å². The van der Waals surface area contributed by atoms with Crippen molar-refractivity contribution < 1.29 is 14.2 Å². The van der Waals surface area contributed by atoms with Crippen molar-refractivity contribution in [2.45, 2.75) is 6.04 Å². The second kappa shape index (κ2) is 3.86. The number of hydrogen-bond donors (Lipinski definition) is 1. The monoisotopic (exact) mass is 195 g/mol. The topological polar surface area (TPSA) is 53.7 Å². The number of nitrogens with two attached hydrogens (primary N) is 1. The van der Waals surface area contributed by atoms with E-state index in [2.05, 4.69) is 0 Å². The Morgan fingerprint density at radius 2 is 2.21 bits per heavy atom. The van der Waals surface area contributed by atoms with Gasteiger partial charge in [0.15, 0.2) is 11.5 Å². The highest BCUT2D eigenvalue weighted by molar-refractivity contribution is 5.45. The van der Waals surface area contributed by atoms with Gasteiger partial charge in [-0.1, -0.05) is 6.07 Å². The highest BCUT2D eigenvalue weighted by atomic mass is 16.7. The van der Waals surface area contributed by atoms with Crippen molar-refractivity contribution in [1.82, 2.24) is 0 Å². The van der Waals surface area contributed by atoms with Gasteiger partial charge >= 0.3 is 0 Å². The molecule has 1 aliphatic heterocycles. The summed E-state index contributed by atoms with van der Waals surface area (Å²) in [5.74, 6) is 1.53. The molecule has 76 valence electrons. The maximum absolute atomic E-state index is 5.88. The molecule has 0 radical (unpaired) electrons. The fourth-order valence-corrected chi connectivity index (χ4v) is 1.42. The summed E-state index contributed by atoms with van der Waals surface area (Å²) in [6.07, 6.45) is 0. The third-order valence-electron chi connectivity index (χ3n) is 2.17. The average Bonchev–Trinajstić information content (AvgIpc) is 2.64. The molecule has 1 heterocycles. The van der Waals surface area contributed by atoms with Crippen LogP contribution in [0.3, 0.4) is 0 Å². The Labute approximate surface area is 82.6 Å². The second-order valence-electron chi connectivity index (χ2n) is 3.17. The Balaban J connectivity index is 2.19. The van der Waals surface area contributed by atoms with E-state index < -0.39 is 0 Å². The first-order valence-electron chi connectivity index (χ1n) is 4.45. The van der Waals surface area contributed by atoms with E-state index >= 15 is 0 Å². The lowest BCUT2D eigenvalue weighted by Gasteiger charge is -2.10. The van der Waals surface area contributed by atoms with Gasteiger partial charge < -0.3 is 19.9 Å². The Bertz CT molecular complexity index is 327. The van der Waals surface area contributed by atoms with Crippen LogP contribution in [0.1, 0.15) is 11.6 Å². The minimum atomic E-state index is -0.116. The summed E-state index contributed by atoms with van der Waals surface area (Å²) in [7, 11) is 1.63. The van der Waals surface area contributed by atoms with E-state index in [1.165, 1.54) is 0 Å². The van der Waals surface area contributed by atoms with E-state index in [0.717, 1.165) is 17.1 Å². The van der Waals surface area contributed by atoms with Gasteiger partial charge in [0.05, 0.1) is 12.6 Å². The fourth-order valence-electron chi connectivity index (χ4n) is 1.42. The number of fused-ring (bicyclic) bond motifs is 1. The quantitative estimate of drug-likeness (QED) is 0.783. The number of benzene rings is 1. The molecule has 4 nitrogen and oxygen atoms in total. The van der Waals surface area contributed by atoms with Crippen molar-refractivity contribution in [2.75, 3.05) is 20.5 Å². The van der Waals surface area contributed by atoms with Gasteiger partial charge in [0.1, 0.15) is 0 Å². The predicted octanol–water partition coefficient (Wildman–Crippen LogP) is 1.06. The summed E-state index contributed by atoms with van der Waals surface area (Å²) in [6.45, 7) is 0.790. The molecule has 14 heavy (non-hydrogen) atoms. The third kappa shape index (κ3) is 1.66. The van der Waals surface area contributed by atoms with Crippen molar-refractivity contribution in [3.63, 3.8) is 0 Å². The van der Waals surface area contributed by atoms with Gasteiger partial charge in [-0.05, 0) is 17.7 Å². The first-order chi connectivity index (χ1) is 6.81. The summed E-state index contributed by atoms with van der Waals surface area (Å²) < 4.78 is 15.4. The van der Waals surface area contributed by atoms with Crippen molar-refractivity contribution in [3.05, 3.63) is 23.8 Å². The molecule has 0 spiro atoms. The summed E-state index contributed by atoms with van der Waals surface area (Å²) >= 11 is 0. The molecule has 4 heteroatoms. The van der Waals surface area contributed by atoms with Gasteiger partial charge in [-0.15, -0.1) is 0 Å². The minimum absolute atomic E-state index is 0.116. The standard InChI is InChI=1S/C10H13NO3/c1-12-5-8(11)7-2-3-9-10(4-7)14-6-13-9/h2-4,8H,5-6,11H2,1H3. The zero-order valence-corrected chi connectivity index (χ0v) is 8.03. The van der Waals surface area contributed by atoms with Crippen LogP contribution in [0.25, 0.3) is 0 Å². The van der Waals surface area contributed by atoms with Crippen LogP contribution >= 0.6 is 0 Å². The highest BCUT2D eigenvalue weighted by Crippen LogP contribution is 2.33. The number of methoxy groups -OCH3 is 1. The second-order valence-corrected chi connectivity index (χ2v) is 3.17. The van der Waals surface area contributed by atoms with Crippen molar-refractivity contribution in [1.29, 1.82) is 0 Å². The number of hydrogen-bond acceptors (Lipinski definition) is 4. The molecule has 0 saturated heterocycles. The molecule has 0 amide bonds. The summed E-state index contributed by atoms with van der Waals surface area (Å²) in [6, 6.07) is 5.57. The van der Waals surface area contributed by atoms with Gasteiger partial charge in [0, 0.05) is 7.11 Å². The zero-order chi connectivity index (χ0) is 9.97. The number of rotatable bonds is 3. The maximum atomic E-state index is 5.88. The predicted molar refractivity (Wildman–Crippen MR) is 51.4 cm³/mol. The van der Waals surface area contributed by atoms with Crippen LogP contribution in [0.2, 0.25) is 0 Å². The highest BCUT2D eigenvalue weighted by Gasteiger charge is 2.15. The van der Waals surface area contributed by atoms with Gasteiger partial charge in [-0.2, -0.15) is 0 Å². The Morgan fingerprint density at radius 1 is 1.43 bits per heavy atom. The van der Waals surface area contributed by atoms with Crippen LogP contribution in [-0.2, 0) is 4.74 Å². The van der Waals surface area contributed by atoms with Gasteiger partial charge in [-0.25, -0.2) is 0 Å². The molecule has 1 aromatic carbocycles. The van der Waals surface area contributed by atoms with E-state index in [0.29, 0.717) is 6.61 Å².